The summed E-state index contributed by atoms with van der Waals surface area (Å²) in [7, 11) is 0. The molecule has 116 valence electrons. The van der Waals surface area contributed by atoms with E-state index < -0.39 is 0 Å². The fraction of sp³-hybridized carbons (Fsp3) is 0.333. The van der Waals surface area contributed by atoms with Crippen molar-refractivity contribution in [2.24, 2.45) is 0 Å². The minimum absolute atomic E-state index is 0.328. The monoisotopic (exact) mass is 407 g/mol. The third-order valence-electron chi connectivity index (χ3n) is 3.87. The summed E-state index contributed by atoms with van der Waals surface area (Å²) in [6.07, 6.45) is 8.42. The first-order valence-electron chi connectivity index (χ1n) is 7.27. The second kappa shape index (κ2) is 6.25. The quantitative estimate of drug-likeness (QED) is 0.531. The van der Waals surface area contributed by atoms with Crippen molar-refractivity contribution in [3.8, 4) is 6.07 Å². The van der Waals surface area contributed by atoms with E-state index >= 15 is 0 Å². The Balaban J connectivity index is 1.82. The number of anilines is 2. The molecule has 0 aliphatic heterocycles. The molecule has 0 bridgehead atoms. The van der Waals surface area contributed by atoms with Crippen molar-refractivity contribution in [2.45, 2.75) is 30.0 Å². The summed E-state index contributed by atoms with van der Waals surface area (Å²) in [6.45, 7) is 0. The zero-order valence-corrected chi connectivity index (χ0v) is 15.8. The van der Waals surface area contributed by atoms with Crippen molar-refractivity contribution in [1.29, 1.82) is 5.26 Å². The Morgan fingerprint density at radius 2 is 2.17 bits per heavy atom. The number of thiazole rings is 1. The van der Waals surface area contributed by atoms with Gasteiger partial charge in [0.25, 0.3) is 0 Å². The van der Waals surface area contributed by atoms with Crippen molar-refractivity contribution in [3.05, 3.63) is 21.2 Å². The number of aromatic nitrogens is 3. The number of aryl methyl sites for hydroxylation is 2. The van der Waals surface area contributed by atoms with Gasteiger partial charge in [-0.2, -0.15) is 0 Å². The molecule has 0 saturated carbocycles. The Morgan fingerprint density at radius 3 is 3.00 bits per heavy atom. The second-order valence-electron chi connectivity index (χ2n) is 5.21. The Labute approximate surface area is 147 Å². The molecule has 0 saturated heterocycles. The molecular formula is C15H13N5S2Se. The predicted octanol–water partition coefficient (Wildman–Crippen LogP) is 3.36. The number of nitriles is 1. The molecule has 3 aromatic heterocycles. The predicted molar refractivity (Wildman–Crippen MR) is 95.0 cm³/mol. The van der Waals surface area contributed by atoms with Crippen molar-refractivity contribution in [2.75, 3.05) is 11.6 Å². The Morgan fingerprint density at radius 1 is 1.30 bits per heavy atom. The van der Waals surface area contributed by atoms with Crippen LogP contribution in [0.25, 0.3) is 9.78 Å². The first kappa shape index (κ1) is 15.2. The van der Waals surface area contributed by atoms with Gasteiger partial charge in [0.05, 0.1) is 0 Å². The van der Waals surface area contributed by atoms with Gasteiger partial charge < -0.3 is 0 Å². The molecule has 8 heteroatoms. The molecule has 3 aromatic rings. The van der Waals surface area contributed by atoms with E-state index in [4.69, 9.17) is 0 Å². The molecule has 1 aliphatic carbocycles. The molecule has 0 unspecified atom stereocenters. The molecule has 4 rings (SSSR count). The van der Waals surface area contributed by atoms with Gasteiger partial charge in [-0.05, 0) is 0 Å². The van der Waals surface area contributed by atoms with E-state index in [2.05, 4.69) is 26.3 Å². The van der Waals surface area contributed by atoms with Crippen LogP contribution in [0, 0.1) is 11.3 Å². The van der Waals surface area contributed by atoms with E-state index in [0.717, 1.165) is 16.6 Å². The van der Waals surface area contributed by atoms with E-state index in [1.54, 1.807) is 22.5 Å². The van der Waals surface area contributed by atoms with Gasteiger partial charge in [0.15, 0.2) is 0 Å². The molecular weight excluding hydrogens is 393 g/mol. The van der Waals surface area contributed by atoms with Crippen molar-refractivity contribution in [3.63, 3.8) is 0 Å². The average Bonchev–Trinajstić information content (AvgIpc) is 3.15. The number of nitrogens with zero attached hydrogens (tertiary/aromatic N) is 4. The Hall–Kier alpha value is -1.39. The summed E-state index contributed by atoms with van der Waals surface area (Å²) in [5.41, 5.74) is 1.44. The molecule has 23 heavy (non-hydrogen) atoms. The number of hydrogen-bond donors (Lipinski definition) is 1. The van der Waals surface area contributed by atoms with Crippen LogP contribution in [-0.2, 0) is 12.8 Å². The van der Waals surface area contributed by atoms with E-state index in [0.29, 0.717) is 25.2 Å². The summed E-state index contributed by atoms with van der Waals surface area (Å²) in [5.74, 6) is 1.42. The van der Waals surface area contributed by atoms with Gasteiger partial charge in [0.1, 0.15) is 0 Å². The molecule has 0 fully saturated rings. The fourth-order valence-corrected chi connectivity index (χ4v) is 6.74. The van der Waals surface area contributed by atoms with Gasteiger partial charge in [-0.15, -0.1) is 0 Å². The molecule has 5 nitrogen and oxygen atoms in total. The first-order valence-corrected chi connectivity index (χ1v) is 11.0. The van der Waals surface area contributed by atoms with E-state index in [1.807, 2.05) is 6.26 Å². The van der Waals surface area contributed by atoms with E-state index in [1.165, 1.54) is 45.9 Å². The zero-order valence-electron chi connectivity index (χ0n) is 12.4. The molecule has 0 amide bonds. The van der Waals surface area contributed by atoms with Crippen LogP contribution in [0.1, 0.15) is 27.7 Å². The maximum absolute atomic E-state index is 9.32. The topological polar surface area (TPSA) is 74.5 Å². The van der Waals surface area contributed by atoms with Crippen LogP contribution in [0.15, 0.2) is 10.7 Å². The van der Waals surface area contributed by atoms with Gasteiger partial charge >= 0.3 is 148 Å². The maximum atomic E-state index is 9.32. The zero-order chi connectivity index (χ0) is 15.8. The minimum atomic E-state index is 0.328. The van der Waals surface area contributed by atoms with Gasteiger partial charge in [-0.3, -0.25) is 0 Å². The third-order valence-corrected chi connectivity index (χ3v) is 8.33. The molecule has 1 aliphatic rings. The third kappa shape index (κ3) is 2.68. The number of fused-ring (bicyclic) bond motifs is 3. The van der Waals surface area contributed by atoms with E-state index in [-0.39, 0.29) is 0 Å². The van der Waals surface area contributed by atoms with Crippen LogP contribution in [-0.4, -0.2) is 35.7 Å². The van der Waals surface area contributed by atoms with Crippen LogP contribution >= 0.6 is 23.1 Å². The Kier molecular flexibility index (Phi) is 4.12. The summed E-state index contributed by atoms with van der Waals surface area (Å²) in [4.78, 5) is 14.0. The molecule has 0 spiro atoms. The SMILES string of the molecule is CSc1nc(Nc2ncnc3[se]c4c(c23)CCCC4)c(C#N)s1. The number of thioether (sulfide) groups is 1. The van der Waals surface area contributed by atoms with Crippen LogP contribution in [0.2, 0.25) is 0 Å². The summed E-state index contributed by atoms with van der Waals surface area (Å²) >= 11 is 3.29. The standard InChI is InChI=1S/C15H13N5S2Se/c1-21-15-20-12(9(6-16)22-15)19-13-11-8-4-2-3-5-10(8)23-14(11)18-7-17-13/h7H,2-5H2,1H3,(H,17,18,19). The second-order valence-corrected chi connectivity index (χ2v) is 9.54. The number of rotatable bonds is 3. The Bertz CT molecular complexity index is 924. The number of hydrogen-bond acceptors (Lipinski definition) is 7. The van der Waals surface area contributed by atoms with Gasteiger partial charge in [-0.1, -0.05) is 0 Å². The molecule has 0 aromatic carbocycles. The molecule has 0 atom stereocenters. The van der Waals surface area contributed by atoms with Crippen LogP contribution in [0.4, 0.5) is 11.6 Å². The van der Waals surface area contributed by atoms with Gasteiger partial charge in [0.2, 0.25) is 0 Å². The average molecular weight is 406 g/mol. The molecule has 3 heterocycles. The van der Waals surface area contributed by atoms with Crippen molar-refractivity contribution in [1.82, 2.24) is 15.0 Å². The fourth-order valence-electron chi connectivity index (χ4n) is 2.85. The van der Waals surface area contributed by atoms with Crippen LogP contribution in [0.3, 0.4) is 0 Å². The van der Waals surface area contributed by atoms with Crippen molar-refractivity contribution < 1.29 is 0 Å². The van der Waals surface area contributed by atoms with E-state index in [9.17, 15) is 5.26 Å². The summed E-state index contributed by atoms with van der Waals surface area (Å²) in [5, 5.41) is 13.8. The molecule has 0 radical (unpaired) electrons. The molecule has 1 N–H and O–H groups in total. The van der Waals surface area contributed by atoms with Crippen LogP contribution in [0.5, 0.6) is 0 Å². The van der Waals surface area contributed by atoms with Crippen LogP contribution < -0.4 is 5.32 Å². The first-order chi connectivity index (χ1) is 11.3. The normalized spacial score (nSPS) is 13.7. The summed E-state index contributed by atoms with van der Waals surface area (Å²) in [6, 6.07) is 2.22. The number of nitrogens with one attached hydrogen (secondary N) is 1. The van der Waals surface area contributed by atoms with Crippen molar-refractivity contribution >= 4 is 59.0 Å². The van der Waals surface area contributed by atoms with Gasteiger partial charge in [0, 0.05) is 0 Å². The summed E-state index contributed by atoms with van der Waals surface area (Å²) < 4.78 is 3.63. The van der Waals surface area contributed by atoms with Gasteiger partial charge in [-0.25, -0.2) is 0 Å².